The zero-order valence-corrected chi connectivity index (χ0v) is 11.4. The molecule has 0 atom stereocenters. The Balaban J connectivity index is 1.67. The van der Waals surface area contributed by atoms with Gasteiger partial charge < -0.3 is 9.84 Å². The summed E-state index contributed by atoms with van der Waals surface area (Å²) in [6.07, 6.45) is 3.23. The van der Waals surface area contributed by atoms with Crippen molar-refractivity contribution in [2.24, 2.45) is 0 Å². The first-order valence-electron chi connectivity index (χ1n) is 6.50. The van der Waals surface area contributed by atoms with Gasteiger partial charge >= 0.3 is 0 Å². The molecule has 1 N–H and O–H groups in total. The first kappa shape index (κ1) is 13.9. The third-order valence-electron chi connectivity index (χ3n) is 2.93. The van der Waals surface area contributed by atoms with Crippen molar-refractivity contribution in [3.63, 3.8) is 0 Å². The van der Waals surface area contributed by atoms with Gasteiger partial charge in [-0.25, -0.2) is 4.39 Å². The fraction of sp³-hybridized carbons (Fsp3) is 0.0667. The van der Waals surface area contributed by atoms with Crippen LogP contribution in [0.25, 0.3) is 11.4 Å². The van der Waals surface area contributed by atoms with Crippen LogP contribution in [-0.2, 0) is 6.54 Å². The molecule has 1 amide bonds. The van der Waals surface area contributed by atoms with E-state index in [1.807, 2.05) is 0 Å². The van der Waals surface area contributed by atoms with E-state index in [-0.39, 0.29) is 18.0 Å². The maximum Gasteiger partial charge on any atom is 0.254 e. The molecule has 3 rings (SSSR count). The largest absolute Gasteiger partial charge is 0.343 e. The van der Waals surface area contributed by atoms with Gasteiger partial charge in [-0.15, -0.1) is 0 Å². The van der Waals surface area contributed by atoms with Crippen LogP contribution >= 0.6 is 0 Å². The van der Waals surface area contributed by atoms with Crippen LogP contribution in [0.5, 0.6) is 0 Å². The fourth-order valence-corrected chi connectivity index (χ4v) is 1.84. The van der Waals surface area contributed by atoms with Crippen LogP contribution in [0.3, 0.4) is 0 Å². The van der Waals surface area contributed by atoms with Gasteiger partial charge in [0.15, 0.2) is 0 Å². The second-order valence-corrected chi connectivity index (χ2v) is 4.41. The maximum atomic E-state index is 13.5. The molecule has 2 aromatic heterocycles. The lowest BCUT2D eigenvalue weighted by Gasteiger charge is -2.02. The molecule has 0 radical (unpaired) electrons. The topological polar surface area (TPSA) is 80.9 Å². The second kappa shape index (κ2) is 6.13. The molecule has 110 valence electrons. The van der Waals surface area contributed by atoms with E-state index in [1.54, 1.807) is 30.6 Å². The van der Waals surface area contributed by atoms with E-state index in [1.165, 1.54) is 18.2 Å². The molecule has 0 unspecified atom stereocenters. The van der Waals surface area contributed by atoms with Gasteiger partial charge in [0.25, 0.3) is 5.91 Å². The van der Waals surface area contributed by atoms with Crippen molar-refractivity contribution in [2.45, 2.75) is 6.54 Å². The van der Waals surface area contributed by atoms with E-state index in [9.17, 15) is 9.18 Å². The van der Waals surface area contributed by atoms with Gasteiger partial charge in [0.1, 0.15) is 5.82 Å². The first-order valence-corrected chi connectivity index (χ1v) is 6.50. The fourth-order valence-electron chi connectivity index (χ4n) is 1.84. The summed E-state index contributed by atoms with van der Waals surface area (Å²) in [6, 6.07) is 9.22. The van der Waals surface area contributed by atoms with Gasteiger partial charge in [-0.2, -0.15) is 4.98 Å². The predicted octanol–water partition coefficient (Wildman–Crippen LogP) is 2.20. The monoisotopic (exact) mass is 298 g/mol. The number of hydrogen-bond acceptors (Lipinski definition) is 5. The number of carbonyl (C=O) groups is 1. The number of aromatic nitrogens is 3. The average Bonchev–Trinajstić information content (AvgIpc) is 3.03. The minimum Gasteiger partial charge on any atom is -0.343 e. The zero-order chi connectivity index (χ0) is 15.4. The molecule has 0 aliphatic carbocycles. The molecule has 0 spiro atoms. The van der Waals surface area contributed by atoms with Crippen molar-refractivity contribution in [3.05, 3.63) is 66.1 Å². The van der Waals surface area contributed by atoms with E-state index < -0.39 is 11.7 Å². The number of benzene rings is 1. The summed E-state index contributed by atoms with van der Waals surface area (Å²) in [5.74, 6) is -0.487. The quantitative estimate of drug-likeness (QED) is 0.798. The highest BCUT2D eigenvalue weighted by atomic mass is 19.1. The van der Waals surface area contributed by atoms with Crippen LogP contribution in [0.1, 0.15) is 16.2 Å². The lowest BCUT2D eigenvalue weighted by atomic mass is 10.2. The normalized spacial score (nSPS) is 10.4. The van der Waals surface area contributed by atoms with Crippen LogP contribution in [0, 0.1) is 5.82 Å². The number of nitrogens with one attached hydrogen (secondary N) is 1. The number of carbonyl (C=O) groups excluding carboxylic acids is 1. The van der Waals surface area contributed by atoms with Crippen molar-refractivity contribution in [2.75, 3.05) is 0 Å². The molecule has 7 heteroatoms. The van der Waals surface area contributed by atoms with Gasteiger partial charge in [0, 0.05) is 18.0 Å². The Bertz CT molecular complexity index is 789. The Morgan fingerprint density at radius 3 is 2.73 bits per heavy atom. The van der Waals surface area contributed by atoms with Crippen molar-refractivity contribution in [1.82, 2.24) is 20.4 Å². The SMILES string of the molecule is O=C(NCc1nc(-c2ccncc2)no1)c1ccccc1F. The van der Waals surface area contributed by atoms with Gasteiger partial charge in [-0.3, -0.25) is 9.78 Å². The third-order valence-corrected chi connectivity index (χ3v) is 2.93. The number of nitrogens with zero attached hydrogens (tertiary/aromatic N) is 3. The minimum absolute atomic E-state index is 0.0191. The molecule has 22 heavy (non-hydrogen) atoms. The number of hydrogen-bond donors (Lipinski definition) is 1. The molecule has 0 aliphatic heterocycles. The van der Waals surface area contributed by atoms with Crippen LogP contribution in [-0.4, -0.2) is 21.0 Å². The minimum atomic E-state index is -0.581. The second-order valence-electron chi connectivity index (χ2n) is 4.41. The van der Waals surface area contributed by atoms with Crippen molar-refractivity contribution in [1.29, 1.82) is 0 Å². The highest BCUT2D eigenvalue weighted by Gasteiger charge is 2.13. The number of pyridine rings is 1. The first-order chi connectivity index (χ1) is 10.7. The summed E-state index contributed by atoms with van der Waals surface area (Å²) in [4.78, 5) is 19.9. The lowest BCUT2D eigenvalue weighted by Crippen LogP contribution is -2.23. The number of amides is 1. The smallest absolute Gasteiger partial charge is 0.254 e. The molecule has 1 aromatic carbocycles. The summed E-state index contributed by atoms with van der Waals surface area (Å²) < 4.78 is 18.5. The van der Waals surface area contributed by atoms with E-state index in [2.05, 4.69) is 20.4 Å². The van der Waals surface area contributed by atoms with Crippen molar-refractivity contribution < 1.29 is 13.7 Å². The Kier molecular flexibility index (Phi) is 3.86. The van der Waals surface area contributed by atoms with E-state index in [0.717, 1.165) is 5.56 Å². The highest BCUT2D eigenvalue weighted by molar-refractivity contribution is 5.94. The van der Waals surface area contributed by atoms with Crippen LogP contribution in [0.15, 0.2) is 53.3 Å². The van der Waals surface area contributed by atoms with Gasteiger partial charge in [-0.1, -0.05) is 17.3 Å². The van der Waals surface area contributed by atoms with Crippen molar-refractivity contribution >= 4 is 5.91 Å². The molecule has 0 fully saturated rings. The Morgan fingerprint density at radius 2 is 1.95 bits per heavy atom. The molecule has 6 nitrogen and oxygen atoms in total. The average molecular weight is 298 g/mol. The Morgan fingerprint density at radius 1 is 1.18 bits per heavy atom. The summed E-state index contributed by atoms with van der Waals surface area (Å²) in [5.41, 5.74) is 0.724. The highest BCUT2D eigenvalue weighted by Crippen LogP contribution is 2.14. The molecular weight excluding hydrogens is 287 g/mol. The van der Waals surface area contributed by atoms with Crippen LogP contribution in [0.2, 0.25) is 0 Å². The molecule has 0 bridgehead atoms. The van der Waals surface area contributed by atoms with E-state index in [4.69, 9.17) is 4.52 Å². The van der Waals surface area contributed by atoms with E-state index in [0.29, 0.717) is 5.82 Å². The lowest BCUT2D eigenvalue weighted by molar-refractivity contribution is 0.0942. The zero-order valence-electron chi connectivity index (χ0n) is 11.4. The molecule has 0 saturated carbocycles. The molecule has 2 heterocycles. The van der Waals surface area contributed by atoms with E-state index >= 15 is 0 Å². The van der Waals surface area contributed by atoms with Gasteiger partial charge in [-0.05, 0) is 24.3 Å². The van der Waals surface area contributed by atoms with Crippen molar-refractivity contribution in [3.8, 4) is 11.4 Å². The number of rotatable bonds is 4. The standard InChI is InChI=1S/C15H11FN4O2/c16-12-4-2-1-3-11(12)15(21)18-9-13-19-14(20-22-13)10-5-7-17-8-6-10/h1-8H,9H2,(H,18,21). The molecule has 3 aromatic rings. The predicted molar refractivity (Wildman–Crippen MR) is 75.1 cm³/mol. The molecular formula is C15H11FN4O2. The Labute approximate surface area is 125 Å². The number of halogens is 1. The molecule has 0 aliphatic rings. The Hall–Kier alpha value is -3.09. The summed E-state index contributed by atoms with van der Waals surface area (Å²) in [6.45, 7) is 0.0191. The third kappa shape index (κ3) is 2.98. The summed E-state index contributed by atoms with van der Waals surface area (Å²) in [7, 11) is 0. The van der Waals surface area contributed by atoms with Gasteiger partial charge in [0.2, 0.25) is 11.7 Å². The van der Waals surface area contributed by atoms with Crippen LogP contribution < -0.4 is 5.32 Å². The van der Waals surface area contributed by atoms with Gasteiger partial charge in [0.05, 0.1) is 12.1 Å². The maximum absolute atomic E-state index is 13.5. The summed E-state index contributed by atoms with van der Waals surface area (Å²) >= 11 is 0. The van der Waals surface area contributed by atoms with Crippen LogP contribution in [0.4, 0.5) is 4.39 Å². The summed E-state index contributed by atoms with van der Waals surface area (Å²) in [5, 5.41) is 6.35. The molecule has 0 saturated heterocycles.